The van der Waals surface area contributed by atoms with Crippen LogP contribution in [0.5, 0.6) is 0 Å². The molecule has 2 fully saturated rings. The lowest BCUT2D eigenvalue weighted by Crippen LogP contribution is -2.44. The van der Waals surface area contributed by atoms with E-state index in [2.05, 4.69) is 34.2 Å². The number of nitrogens with one attached hydrogen (secondary N) is 1. The maximum absolute atomic E-state index is 13.3. The van der Waals surface area contributed by atoms with Gasteiger partial charge in [0, 0.05) is 37.3 Å². The molecule has 6 heteroatoms. The summed E-state index contributed by atoms with van der Waals surface area (Å²) in [5, 5.41) is 12.6. The predicted molar refractivity (Wildman–Crippen MR) is 130 cm³/mol. The third kappa shape index (κ3) is 6.66. The van der Waals surface area contributed by atoms with E-state index in [0.29, 0.717) is 12.1 Å². The predicted octanol–water partition coefficient (Wildman–Crippen LogP) is 3.89. The van der Waals surface area contributed by atoms with Crippen molar-refractivity contribution in [2.24, 2.45) is 0 Å². The Bertz CT molecular complexity index is 1060. The van der Waals surface area contributed by atoms with E-state index in [0.717, 1.165) is 50.9 Å². The van der Waals surface area contributed by atoms with Crippen molar-refractivity contribution in [1.29, 1.82) is 0 Å². The van der Waals surface area contributed by atoms with Crippen LogP contribution in [0.2, 0.25) is 0 Å². The highest BCUT2D eigenvalue weighted by Crippen LogP contribution is 2.39. The minimum Gasteiger partial charge on any atom is -0.378 e. The van der Waals surface area contributed by atoms with Crippen LogP contribution < -0.4 is 5.32 Å². The lowest BCUT2D eigenvalue weighted by molar-refractivity contribution is -0.0764. The van der Waals surface area contributed by atoms with Gasteiger partial charge in [0.15, 0.2) is 0 Å². The van der Waals surface area contributed by atoms with Crippen molar-refractivity contribution >= 4 is 5.91 Å². The first-order chi connectivity index (χ1) is 16.2. The number of hydrogen-bond donors (Lipinski definition) is 2. The van der Waals surface area contributed by atoms with Gasteiger partial charge in [0.2, 0.25) is 0 Å². The van der Waals surface area contributed by atoms with Crippen LogP contribution in [-0.2, 0) is 11.3 Å². The van der Waals surface area contributed by atoms with Gasteiger partial charge in [0.1, 0.15) is 11.4 Å². The van der Waals surface area contributed by atoms with Gasteiger partial charge < -0.3 is 15.2 Å². The van der Waals surface area contributed by atoms with E-state index in [1.165, 1.54) is 17.7 Å². The van der Waals surface area contributed by atoms with Crippen molar-refractivity contribution in [3.8, 4) is 11.8 Å². The Labute approximate surface area is 201 Å². The number of piperidine rings is 1. The molecule has 2 aromatic rings. The third-order valence-corrected chi connectivity index (χ3v) is 6.56. The van der Waals surface area contributed by atoms with E-state index in [1.54, 1.807) is 26.0 Å². The summed E-state index contributed by atoms with van der Waals surface area (Å²) in [6.45, 7) is 6.64. The Morgan fingerprint density at radius 2 is 1.94 bits per heavy atom. The number of benzene rings is 2. The number of aliphatic hydroxyl groups is 1. The van der Waals surface area contributed by atoms with Gasteiger partial charge in [-0.25, -0.2) is 4.39 Å². The molecule has 180 valence electrons. The van der Waals surface area contributed by atoms with E-state index < -0.39 is 11.4 Å². The number of carbonyl (C=O) groups excluding carboxylic acids is 1. The topological polar surface area (TPSA) is 61.8 Å². The summed E-state index contributed by atoms with van der Waals surface area (Å²) in [5.41, 5.74) is 1.39. The zero-order valence-corrected chi connectivity index (χ0v) is 19.9. The molecule has 1 amide bonds. The van der Waals surface area contributed by atoms with Crippen LogP contribution >= 0.6 is 0 Å². The lowest BCUT2D eigenvalue weighted by Gasteiger charge is -2.39. The first-order valence-corrected chi connectivity index (χ1v) is 12.0. The van der Waals surface area contributed by atoms with E-state index in [1.807, 2.05) is 12.1 Å². The molecule has 0 unspecified atom stereocenters. The Hall–Kier alpha value is -2.72. The molecule has 5 nitrogen and oxygen atoms in total. The molecule has 0 radical (unpaired) electrons. The number of carbonyl (C=O) groups is 1. The highest BCUT2D eigenvalue weighted by Gasteiger charge is 2.42. The molecule has 2 aliphatic rings. The molecule has 1 spiro atoms. The van der Waals surface area contributed by atoms with Crippen LogP contribution in [0.3, 0.4) is 0 Å². The van der Waals surface area contributed by atoms with Crippen molar-refractivity contribution in [1.82, 2.24) is 10.2 Å². The second kappa shape index (κ2) is 10.3. The minimum absolute atomic E-state index is 0.00149. The molecule has 2 heterocycles. The van der Waals surface area contributed by atoms with E-state index in [4.69, 9.17) is 4.74 Å². The second-order valence-electron chi connectivity index (χ2n) is 9.96. The number of ether oxygens (including phenoxy) is 1. The third-order valence-electron chi connectivity index (χ3n) is 6.56. The standard InChI is InChI=1S/C28H33FN2O3/c1-27(2,33)12-10-21-6-8-22(9-7-21)20-31-16-14-28(15-17-31)13-11-25(34-28)19-30-26(32)23-4-3-5-24(29)18-23/h3-9,18,25,33H,11,13-17,19-20H2,1-2H3,(H,30,32)/t25-/m1/s1. The Kier molecular flexibility index (Phi) is 7.37. The van der Waals surface area contributed by atoms with E-state index >= 15 is 0 Å². The molecule has 2 aliphatic heterocycles. The van der Waals surface area contributed by atoms with Crippen LogP contribution in [-0.4, -0.2) is 52.9 Å². The Morgan fingerprint density at radius 3 is 2.62 bits per heavy atom. The van der Waals surface area contributed by atoms with Crippen LogP contribution in [0, 0.1) is 17.7 Å². The number of likely N-dealkylation sites (tertiary alicyclic amines) is 1. The summed E-state index contributed by atoms with van der Waals surface area (Å²) in [6.07, 6.45) is 3.90. The van der Waals surface area contributed by atoms with Gasteiger partial charge in [-0.1, -0.05) is 30.0 Å². The zero-order valence-electron chi connectivity index (χ0n) is 19.9. The van der Waals surface area contributed by atoms with Crippen molar-refractivity contribution in [3.05, 3.63) is 71.0 Å². The van der Waals surface area contributed by atoms with Gasteiger partial charge in [0.25, 0.3) is 5.91 Å². The smallest absolute Gasteiger partial charge is 0.251 e. The molecule has 2 N–H and O–H groups in total. The maximum atomic E-state index is 13.3. The summed E-state index contributed by atoms with van der Waals surface area (Å²) in [6, 6.07) is 13.9. The fraction of sp³-hybridized carbons (Fsp3) is 0.464. The number of halogens is 1. The quantitative estimate of drug-likeness (QED) is 0.659. The highest BCUT2D eigenvalue weighted by atomic mass is 19.1. The number of rotatable bonds is 5. The van der Waals surface area contributed by atoms with Crippen molar-refractivity contribution in [2.75, 3.05) is 19.6 Å². The van der Waals surface area contributed by atoms with Gasteiger partial charge in [-0.15, -0.1) is 0 Å². The SMILES string of the molecule is CC(C)(O)C#Cc1ccc(CN2CCC3(CC[C@H](CNC(=O)c4cccc(F)c4)O3)CC2)cc1. The average Bonchev–Trinajstić information content (AvgIpc) is 3.21. The summed E-state index contributed by atoms with van der Waals surface area (Å²) in [7, 11) is 0. The summed E-state index contributed by atoms with van der Waals surface area (Å²) in [4.78, 5) is 14.7. The largest absolute Gasteiger partial charge is 0.378 e. The molecule has 0 bridgehead atoms. The Morgan fingerprint density at radius 1 is 1.21 bits per heavy atom. The first-order valence-electron chi connectivity index (χ1n) is 12.0. The fourth-order valence-corrected chi connectivity index (χ4v) is 4.64. The van der Waals surface area contributed by atoms with Gasteiger partial charge in [0.05, 0.1) is 11.7 Å². The molecule has 0 saturated carbocycles. The molecule has 0 aliphatic carbocycles. The second-order valence-corrected chi connectivity index (χ2v) is 9.96. The van der Waals surface area contributed by atoms with E-state index in [-0.39, 0.29) is 17.6 Å². The van der Waals surface area contributed by atoms with Crippen molar-refractivity contribution in [3.63, 3.8) is 0 Å². The summed E-state index contributed by atoms with van der Waals surface area (Å²) < 4.78 is 19.8. The van der Waals surface area contributed by atoms with Crippen molar-refractivity contribution < 1.29 is 19.0 Å². The van der Waals surface area contributed by atoms with Gasteiger partial charge in [-0.2, -0.15) is 0 Å². The molecule has 4 rings (SSSR count). The van der Waals surface area contributed by atoms with Crippen LogP contribution in [0.4, 0.5) is 4.39 Å². The first kappa shape index (κ1) is 24.4. The molecular formula is C28H33FN2O3. The van der Waals surface area contributed by atoms with Crippen LogP contribution in [0.1, 0.15) is 61.0 Å². The molecule has 0 aromatic heterocycles. The minimum atomic E-state index is -0.989. The molecule has 1 atom stereocenters. The van der Waals surface area contributed by atoms with Gasteiger partial charge in [-0.05, 0) is 75.4 Å². The van der Waals surface area contributed by atoms with Crippen LogP contribution in [0.15, 0.2) is 48.5 Å². The maximum Gasteiger partial charge on any atom is 0.251 e. The molecule has 34 heavy (non-hydrogen) atoms. The summed E-state index contributed by atoms with van der Waals surface area (Å²) in [5.74, 6) is 5.17. The molecule has 2 saturated heterocycles. The molecule has 2 aromatic carbocycles. The van der Waals surface area contributed by atoms with Gasteiger partial charge in [-0.3, -0.25) is 9.69 Å². The lowest BCUT2D eigenvalue weighted by atomic mass is 9.88. The highest BCUT2D eigenvalue weighted by molar-refractivity contribution is 5.94. The van der Waals surface area contributed by atoms with Crippen LogP contribution in [0.25, 0.3) is 0 Å². The van der Waals surface area contributed by atoms with E-state index in [9.17, 15) is 14.3 Å². The molecular weight excluding hydrogens is 431 g/mol. The normalized spacial score (nSPS) is 20.1. The fourth-order valence-electron chi connectivity index (χ4n) is 4.64. The average molecular weight is 465 g/mol. The number of hydrogen-bond acceptors (Lipinski definition) is 4. The monoisotopic (exact) mass is 464 g/mol. The summed E-state index contributed by atoms with van der Waals surface area (Å²) >= 11 is 0. The number of nitrogens with zero attached hydrogens (tertiary/aromatic N) is 1. The zero-order chi connectivity index (χ0) is 24.2. The van der Waals surface area contributed by atoms with Crippen molar-refractivity contribution in [2.45, 2.75) is 63.4 Å². The number of amides is 1. The van der Waals surface area contributed by atoms with Gasteiger partial charge >= 0.3 is 0 Å². The Balaban J connectivity index is 1.22.